The summed E-state index contributed by atoms with van der Waals surface area (Å²) in [5, 5.41) is 0. The molecule has 38 heavy (non-hydrogen) atoms. The number of allylic oxidation sites excluding steroid dienone is 1. The minimum atomic E-state index is -0.304. The van der Waals surface area contributed by atoms with Gasteiger partial charge < -0.3 is 19.1 Å². The summed E-state index contributed by atoms with van der Waals surface area (Å²) in [6, 6.07) is 7.68. The maximum absolute atomic E-state index is 12.8. The van der Waals surface area contributed by atoms with Crippen molar-refractivity contribution in [2.24, 2.45) is 0 Å². The molecule has 0 saturated carbocycles. The Morgan fingerprint density at radius 1 is 0.895 bits per heavy atom. The Morgan fingerprint density at radius 2 is 1.50 bits per heavy atom. The Balaban J connectivity index is 1.48. The predicted molar refractivity (Wildman–Crippen MR) is 160 cm³/mol. The van der Waals surface area contributed by atoms with Crippen molar-refractivity contribution >= 4 is 17.7 Å². The number of methoxy groups -OCH3 is 1. The van der Waals surface area contributed by atoms with Gasteiger partial charge in [0.25, 0.3) is 0 Å². The van der Waals surface area contributed by atoms with E-state index in [0.29, 0.717) is 18.7 Å². The van der Waals surface area contributed by atoms with Crippen molar-refractivity contribution in [2.75, 3.05) is 32.8 Å². The van der Waals surface area contributed by atoms with Gasteiger partial charge in [0.1, 0.15) is 12.7 Å². The highest BCUT2D eigenvalue weighted by Gasteiger charge is 2.18. The van der Waals surface area contributed by atoms with E-state index < -0.39 is 0 Å². The molecule has 1 unspecified atom stereocenters. The van der Waals surface area contributed by atoms with Crippen LogP contribution in [0.2, 0.25) is 0 Å². The lowest BCUT2D eigenvalue weighted by Gasteiger charge is -2.18. The molecular formula is C32H53NO4S. The molecule has 6 heteroatoms. The number of unbranched alkanes of at least 4 members (excludes halogenated alkanes) is 13. The van der Waals surface area contributed by atoms with Gasteiger partial charge in [0, 0.05) is 26.5 Å². The standard InChI is InChI=1S/C32H53NO4S/c1-4-5-6-7-8-9-10-11-12-13-14-15-16-19-22-36-25-30(35-3)26-37-32(34)31-21-18-17-20-29(31)24-33-23-28(2)38-27-33/h17-18,20-21,23,30H,4-16,19,22,24-27H2,1-3H3. The summed E-state index contributed by atoms with van der Waals surface area (Å²) >= 11 is 1.82. The van der Waals surface area contributed by atoms with Gasteiger partial charge in [-0.25, -0.2) is 4.79 Å². The molecule has 0 aliphatic carbocycles. The van der Waals surface area contributed by atoms with Crippen LogP contribution >= 0.6 is 11.8 Å². The number of carbonyl (C=O) groups is 1. The molecule has 1 aromatic rings. The second-order valence-electron chi connectivity index (χ2n) is 10.5. The second kappa shape index (κ2) is 21.3. The summed E-state index contributed by atoms with van der Waals surface area (Å²) in [5.41, 5.74) is 1.60. The first-order chi connectivity index (χ1) is 18.6. The van der Waals surface area contributed by atoms with Gasteiger partial charge in [-0.1, -0.05) is 109 Å². The van der Waals surface area contributed by atoms with E-state index in [2.05, 4.69) is 24.9 Å². The lowest BCUT2D eigenvalue weighted by Crippen LogP contribution is -2.27. The quantitative estimate of drug-likeness (QED) is 0.101. The zero-order chi connectivity index (χ0) is 27.3. The van der Waals surface area contributed by atoms with Crippen LogP contribution < -0.4 is 0 Å². The first kappa shape index (κ1) is 32.7. The summed E-state index contributed by atoms with van der Waals surface area (Å²) in [7, 11) is 1.64. The summed E-state index contributed by atoms with van der Waals surface area (Å²) in [6.45, 7) is 6.46. The molecule has 1 atom stereocenters. The van der Waals surface area contributed by atoms with E-state index >= 15 is 0 Å². The smallest absolute Gasteiger partial charge is 0.338 e. The second-order valence-corrected chi connectivity index (χ2v) is 11.7. The molecule has 1 heterocycles. The number of rotatable bonds is 23. The van der Waals surface area contributed by atoms with Crippen molar-refractivity contribution in [3.05, 3.63) is 46.5 Å². The topological polar surface area (TPSA) is 48.0 Å². The summed E-state index contributed by atoms with van der Waals surface area (Å²) in [6.07, 6.45) is 20.8. The number of benzene rings is 1. The normalized spacial score (nSPS) is 14.1. The lowest BCUT2D eigenvalue weighted by atomic mass is 10.0. The van der Waals surface area contributed by atoms with Gasteiger partial charge in [0.15, 0.2) is 0 Å². The van der Waals surface area contributed by atoms with Crippen LogP contribution in [0.5, 0.6) is 0 Å². The van der Waals surface area contributed by atoms with Gasteiger partial charge in [-0.15, -0.1) is 11.8 Å². The van der Waals surface area contributed by atoms with Crippen molar-refractivity contribution < 1.29 is 19.0 Å². The third-order valence-electron chi connectivity index (χ3n) is 7.11. The van der Waals surface area contributed by atoms with E-state index in [4.69, 9.17) is 14.2 Å². The molecule has 0 amide bonds. The van der Waals surface area contributed by atoms with E-state index in [1.807, 2.05) is 36.0 Å². The molecule has 216 valence electrons. The average molecular weight is 548 g/mol. The molecule has 0 aromatic heterocycles. The van der Waals surface area contributed by atoms with Gasteiger partial charge in [0.05, 0.1) is 18.0 Å². The first-order valence-electron chi connectivity index (χ1n) is 15.0. The van der Waals surface area contributed by atoms with E-state index in [-0.39, 0.29) is 18.7 Å². The Labute approximate surface area is 237 Å². The van der Waals surface area contributed by atoms with E-state index in [1.165, 1.54) is 88.4 Å². The fraction of sp³-hybridized carbons (Fsp3) is 0.719. The zero-order valence-corrected chi connectivity index (χ0v) is 25.2. The third-order valence-corrected chi connectivity index (χ3v) is 8.13. The van der Waals surface area contributed by atoms with Gasteiger partial charge in [-0.05, 0) is 29.9 Å². The SMILES string of the molecule is CCCCCCCCCCCCCCCCOCC(COC(=O)c1ccccc1CN1C=C(C)SC1)OC. The monoisotopic (exact) mass is 547 g/mol. The fourth-order valence-corrected chi connectivity index (χ4v) is 5.49. The van der Waals surface area contributed by atoms with Crippen molar-refractivity contribution in [1.29, 1.82) is 0 Å². The molecule has 0 N–H and O–H groups in total. The number of ether oxygens (including phenoxy) is 3. The number of esters is 1. The van der Waals surface area contributed by atoms with Crippen LogP contribution in [0.15, 0.2) is 35.4 Å². The lowest BCUT2D eigenvalue weighted by molar-refractivity contribution is -0.0315. The number of carbonyl (C=O) groups excluding carboxylic acids is 1. The fourth-order valence-electron chi connectivity index (χ4n) is 4.73. The van der Waals surface area contributed by atoms with E-state index in [0.717, 1.165) is 24.5 Å². The maximum Gasteiger partial charge on any atom is 0.338 e. The molecule has 1 aliphatic rings. The number of nitrogens with zero attached hydrogens (tertiary/aromatic N) is 1. The molecule has 1 aliphatic heterocycles. The zero-order valence-electron chi connectivity index (χ0n) is 24.4. The van der Waals surface area contributed by atoms with Gasteiger partial charge in [0.2, 0.25) is 0 Å². The van der Waals surface area contributed by atoms with Crippen LogP contribution in [-0.2, 0) is 20.8 Å². The average Bonchev–Trinajstić information content (AvgIpc) is 3.34. The van der Waals surface area contributed by atoms with Crippen LogP contribution in [-0.4, -0.2) is 49.8 Å². The number of hydrogen-bond donors (Lipinski definition) is 0. The van der Waals surface area contributed by atoms with Crippen LogP contribution in [0.1, 0.15) is 120 Å². The Kier molecular flexibility index (Phi) is 18.4. The highest BCUT2D eigenvalue weighted by Crippen LogP contribution is 2.26. The molecule has 2 rings (SSSR count). The minimum absolute atomic E-state index is 0.195. The van der Waals surface area contributed by atoms with Crippen molar-refractivity contribution in [2.45, 2.75) is 116 Å². The van der Waals surface area contributed by atoms with Crippen LogP contribution in [0.25, 0.3) is 0 Å². The van der Waals surface area contributed by atoms with Gasteiger partial charge >= 0.3 is 5.97 Å². The molecule has 5 nitrogen and oxygen atoms in total. The Hall–Kier alpha value is -1.50. The van der Waals surface area contributed by atoms with Gasteiger partial charge in [-0.2, -0.15) is 0 Å². The Morgan fingerprint density at radius 3 is 2.08 bits per heavy atom. The number of hydrogen-bond acceptors (Lipinski definition) is 6. The van der Waals surface area contributed by atoms with Crippen molar-refractivity contribution in [3.63, 3.8) is 0 Å². The van der Waals surface area contributed by atoms with Crippen LogP contribution in [0.3, 0.4) is 0 Å². The molecule has 0 bridgehead atoms. The van der Waals surface area contributed by atoms with Crippen LogP contribution in [0.4, 0.5) is 0 Å². The minimum Gasteiger partial charge on any atom is -0.459 e. The Bertz CT molecular complexity index is 784. The largest absolute Gasteiger partial charge is 0.459 e. The summed E-state index contributed by atoms with van der Waals surface area (Å²) < 4.78 is 16.9. The third kappa shape index (κ3) is 14.6. The molecule has 0 radical (unpaired) electrons. The molecule has 0 saturated heterocycles. The van der Waals surface area contributed by atoms with Crippen molar-refractivity contribution in [1.82, 2.24) is 4.90 Å². The maximum atomic E-state index is 12.8. The van der Waals surface area contributed by atoms with E-state index in [1.54, 1.807) is 7.11 Å². The first-order valence-corrected chi connectivity index (χ1v) is 16.0. The predicted octanol–water partition coefficient (Wildman–Crippen LogP) is 8.72. The molecule has 0 spiro atoms. The van der Waals surface area contributed by atoms with E-state index in [9.17, 15) is 4.79 Å². The highest BCUT2D eigenvalue weighted by molar-refractivity contribution is 8.03. The van der Waals surface area contributed by atoms with Gasteiger partial charge in [-0.3, -0.25) is 0 Å². The highest BCUT2D eigenvalue weighted by atomic mass is 32.2. The van der Waals surface area contributed by atoms with Crippen molar-refractivity contribution in [3.8, 4) is 0 Å². The molecular weight excluding hydrogens is 494 g/mol. The van der Waals surface area contributed by atoms with Crippen LogP contribution in [0, 0.1) is 0 Å². The molecule has 1 aromatic carbocycles. The number of thioether (sulfide) groups is 1. The molecule has 0 fully saturated rings. The summed E-state index contributed by atoms with van der Waals surface area (Å²) in [4.78, 5) is 16.3. The summed E-state index contributed by atoms with van der Waals surface area (Å²) in [5.74, 6) is 0.611.